The van der Waals surface area contributed by atoms with Crippen LogP contribution >= 0.6 is 0 Å². The van der Waals surface area contributed by atoms with Crippen LogP contribution in [0.15, 0.2) is 36.4 Å². The molecule has 0 aliphatic rings. The first-order valence-corrected chi connectivity index (χ1v) is 6.32. The van der Waals surface area contributed by atoms with Crippen molar-refractivity contribution in [2.45, 2.75) is 0 Å². The highest BCUT2D eigenvalue weighted by Gasteiger charge is 2.10. The molecule has 10 heteroatoms. The third-order valence-electron chi connectivity index (χ3n) is 2.91. The molecule has 0 aliphatic carbocycles. The molecule has 0 spiro atoms. The van der Waals surface area contributed by atoms with E-state index in [1.807, 2.05) is 24.3 Å². The van der Waals surface area contributed by atoms with Gasteiger partial charge in [0.1, 0.15) is 11.4 Å². The summed E-state index contributed by atoms with van der Waals surface area (Å²) < 4.78 is 0. The molecule has 4 aromatic rings. The van der Waals surface area contributed by atoms with Gasteiger partial charge in [-0.1, -0.05) is 12.1 Å². The van der Waals surface area contributed by atoms with Crippen LogP contribution in [0.25, 0.3) is 34.4 Å². The molecule has 22 heavy (non-hydrogen) atoms. The Balaban J connectivity index is 1.76. The van der Waals surface area contributed by atoms with E-state index in [2.05, 4.69) is 51.2 Å². The van der Waals surface area contributed by atoms with Crippen molar-refractivity contribution in [2.24, 2.45) is 0 Å². The van der Waals surface area contributed by atoms with Gasteiger partial charge in [-0.25, -0.2) is 9.97 Å². The van der Waals surface area contributed by atoms with E-state index in [0.717, 1.165) is 0 Å². The average Bonchev–Trinajstić information content (AvgIpc) is 3.29. The van der Waals surface area contributed by atoms with Crippen LogP contribution in [0.2, 0.25) is 0 Å². The van der Waals surface area contributed by atoms with Crippen molar-refractivity contribution >= 4 is 0 Å². The van der Waals surface area contributed by atoms with Crippen LogP contribution in [0.1, 0.15) is 0 Å². The topological polar surface area (TPSA) is 135 Å². The number of aromatic nitrogens is 10. The molecule has 0 radical (unpaired) electrons. The molecule has 4 aromatic heterocycles. The maximum atomic E-state index is 4.50. The quantitative estimate of drug-likeness (QED) is 0.557. The van der Waals surface area contributed by atoms with Crippen LogP contribution in [-0.2, 0) is 0 Å². The zero-order valence-corrected chi connectivity index (χ0v) is 11.0. The molecule has 0 fully saturated rings. The van der Waals surface area contributed by atoms with Gasteiger partial charge >= 0.3 is 0 Å². The molecule has 0 atom stereocenters. The Morgan fingerprint density at radius 2 is 1.05 bits per heavy atom. The zero-order valence-electron chi connectivity index (χ0n) is 11.0. The van der Waals surface area contributed by atoms with Gasteiger partial charge in [0.15, 0.2) is 0 Å². The van der Waals surface area contributed by atoms with Crippen LogP contribution in [0.4, 0.5) is 0 Å². The number of tetrazole rings is 2. The van der Waals surface area contributed by atoms with Crippen molar-refractivity contribution in [3.8, 4) is 34.4 Å². The van der Waals surface area contributed by atoms with Gasteiger partial charge < -0.3 is 0 Å². The number of nitrogens with one attached hydrogen (secondary N) is 2. The molecule has 0 aromatic carbocycles. The highest BCUT2D eigenvalue weighted by atomic mass is 15.5. The minimum atomic E-state index is 0.427. The summed E-state index contributed by atoms with van der Waals surface area (Å²) >= 11 is 0. The zero-order chi connectivity index (χ0) is 14.8. The van der Waals surface area contributed by atoms with Crippen molar-refractivity contribution in [1.82, 2.24) is 51.2 Å². The van der Waals surface area contributed by atoms with E-state index in [0.29, 0.717) is 34.4 Å². The first kappa shape index (κ1) is 12.2. The normalized spacial score (nSPS) is 10.7. The molecular formula is C12H8N10. The van der Waals surface area contributed by atoms with Crippen LogP contribution in [0.5, 0.6) is 0 Å². The average molecular weight is 292 g/mol. The summed E-state index contributed by atoms with van der Waals surface area (Å²) in [6.45, 7) is 0. The van der Waals surface area contributed by atoms with Gasteiger partial charge in [0.2, 0.25) is 11.6 Å². The molecular weight excluding hydrogens is 284 g/mol. The molecule has 0 unspecified atom stereocenters. The monoisotopic (exact) mass is 292 g/mol. The Morgan fingerprint density at radius 3 is 1.45 bits per heavy atom. The molecule has 10 nitrogen and oxygen atoms in total. The first-order valence-electron chi connectivity index (χ1n) is 6.32. The number of H-pyrrole nitrogens is 2. The Labute approximate surface area is 123 Å². The van der Waals surface area contributed by atoms with Crippen molar-refractivity contribution < 1.29 is 0 Å². The van der Waals surface area contributed by atoms with Crippen molar-refractivity contribution in [3.05, 3.63) is 36.4 Å². The largest absolute Gasteiger partial charge is 0.243 e. The molecule has 0 saturated carbocycles. The fraction of sp³-hybridized carbons (Fsp3) is 0. The van der Waals surface area contributed by atoms with Gasteiger partial charge in [0.25, 0.3) is 0 Å². The number of pyridine rings is 2. The van der Waals surface area contributed by atoms with E-state index in [4.69, 9.17) is 0 Å². The Hall–Kier alpha value is -3.56. The third kappa shape index (κ3) is 2.18. The van der Waals surface area contributed by atoms with Crippen molar-refractivity contribution in [2.75, 3.05) is 0 Å². The van der Waals surface area contributed by atoms with Crippen molar-refractivity contribution in [1.29, 1.82) is 0 Å². The van der Waals surface area contributed by atoms with E-state index < -0.39 is 0 Å². The summed E-state index contributed by atoms with van der Waals surface area (Å²) in [5.74, 6) is 0.854. The van der Waals surface area contributed by atoms with Gasteiger partial charge in [0, 0.05) is 0 Å². The fourth-order valence-corrected chi connectivity index (χ4v) is 1.94. The second kappa shape index (κ2) is 5.09. The minimum Gasteiger partial charge on any atom is -0.243 e. The molecule has 0 bridgehead atoms. The lowest BCUT2D eigenvalue weighted by atomic mass is 10.2. The van der Waals surface area contributed by atoms with Crippen LogP contribution < -0.4 is 0 Å². The van der Waals surface area contributed by atoms with Crippen LogP contribution in [0, 0.1) is 0 Å². The van der Waals surface area contributed by atoms with E-state index in [9.17, 15) is 0 Å². The van der Waals surface area contributed by atoms with Gasteiger partial charge in [0.05, 0.1) is 11.4 Å². The SMILES string of the molecule is c1cc(-c2cccc(-c3nn[nH]n3)n2)nc(-c2nn[nH]n2)c1. The smallest absolute Gasteiger partial charge is 0.222 e. The number of hydrogen-bond donors (Lipinski definition) is 2. The first-order chi connectivity index (χ1) is 10.9. The van der Waals surface area contributed by atoms with Gasteiger partial charge in [-0.05, 0) is 34.7 Å². The summed E-state index contributed by atoms with van der Waals surface area (Å²) in [6.07, 6.45) is 0. The Kier molecular flexibility index (Phi) is 2.82. The molecule has 4 heterocycles. The van der Waals surface area contributed by atoms with Crippen LogP contribution in [-0.4, -0.2) is 51.2 Å². The van der Waals surface area contributed by atoms with E-state index >= 15 is 0 Å². The number of nitrogens with zero attached hydrogens (tertiary/aromatic N) is 8. The Bertz CT molecular complexity index is 808. The molecule has 106 valence electrons. The summed E-state index contributed by atoms with van der Waals surface area (Å²) in [5.41, 5.74) is 2.59. The van der Waals surface area contributed by atoms with Gasteiger partial charge in [-0.15, -0.1) is 20.4 Å². The highest BCUT2D eigenvalue weighted by molar-refractivity contribution is 5.62. The molecule has 0 saturated heterocycles. The number of hydrogen-bond acceptors (Lipinski definition) is 8. The Morgan fingerprint density at radius 1 is 0.591 bits per heavy atom. The lowest BCUT2D eigenvalue weighted by Crippen LogP contribution is -1.93. The third-order valence-corrected chi connectivity index (χ3v) is 2.91. The van der Waals surface area contributed by atoms with E-state index in [1.54, 1.807) is 12.1 Å². The van der Waals surface area contributed by atoms with Crippen molar-refractivity contribution in [3.63, 3.8) is 0 Å². The predicted molar refractivity (Wildman–Crippen MR) is 73.8 cm³/mol. The summed E-state index contributed by atoms with van der Waals surface area (Å²) in [5, 5.41) is 27.5. The predicted octanol–water partition coefficient (Wildman–Crippen LogP) is 0.504. The van der Waals surface area contributed by atoms with Gasteiger partial charge in [-0.2, -0.15) is 10.4 Å². The second-order valence-electron chi connectivity index (χ2n) is 4.29. The summed E-state index contributed by atoms with van der Waals surface area (Å²) in [6, 6.07) is 11.0. The molecule has 4 rings (SSSR count). The van der Waals surface area contributed by atoms with E-state index in [1.165, 1.54) is 0 Å². The maximum absolute atomic E-state index is 4.50. The maximum Gasteiger partial charge on any atom is 0.222 e. The standard InChI is InChI=1S/C12H8N10/c1-3-7(13-9(5-1)11-15-19-20-16-11)8-4-2-6-10(14-8)12-17-21-22-18-12/h1-6H,(H,15,16,19,20)(H,17,18,21,22). The second-order valence-corrected chi connectivity index (χ2v) is 4.29. The summed E-state index contributed by atoms with van der Waals surface area (Å²) in [7, 11) is 0. The lowest BCUT2D eigenvalue weighted by molar-refractivity contribution is 0.881. The number of aromatic amines is 2. The fourth-order valence-electron chi connectivity index (χ4n) is 1.94. The lowest BCUT2D eigenvalue weighted by Gasteiger charge is -2.03. The van der Waals surface area contributed by atoms with Crippen LogP contribution in [0.3, 0.4) is 0 Å². The van der Waals surface area contributed by atoms with Gasteiger partial charge in [-0.3, -0.25) is 0 Å². The highest BCUT2D eigenvalue weighted by Crippen LogP contribution is 2.20. The molecule has 0 aliphatic heterocycles. The minimum absolute atomic E-state index is 0.427. The van der Waals surface area contributed by atoms with E-state index in [-0.39, 0.29) is 0 Å². The molecule has 0 amide bonds. The summed E-state index contributed by atoms with van der Waals surface area (Å²) in [4.78, 5) is 8.99. The number of rotatable bonds is 3. The molecule has 2 N–H and O–H groups in total.